The van der Waals surface area contributed by atoms with Crippen molar-refractivity contribution in [2.75, 3.05) is 29.6 Å². The van der Waals surface area contributed by atoms with Crippen LogP contribution in [0, 0.1) is 23.0 Å². The van der Waals surface area contributed by atoms with Gasteiger partial charge < -0.3 is 19.3 Å². The van der Waals surface area contributed by atoms with Crippen LogP contribution in [0.2, 0.25) is 0 Å². The molecule has 0 atom stereocenters. The lowest BCUT2D eigenvalue weighted by atomic mass is 10.0. The molecule has 1 saturated heterocycles. The van der Waals surface area contributed by atoms with Gasteiger partial charge in [0.2, 0.25) is 0 Å². The summed E-state index contributed by atoms with van der Waals surface area (Å²) < 4.78 is 38.2. The molecule has 0 unspecified atom stereocenters. The average Bonchev–Trinajstić information content (AvgIpc) is 3.16. The van der Waals surface area contributed by atoms with Crippen LogP contribution in [0.4, 0.5) is 20.2 Å². The second-order valence-corrected chi connectivity index (χ2v) is 7.18. The predicted octanol–water partition coefficient (Wildman–Crippen LogP) is 4.54. The van der Waals surface area contributed by atoms with Crippen molar-refractivity contribution in [3.8, 4) is 11.8 Å². The maximum Gasteiger partial charge on any atom is 0.167 e. The monoisotopic (exact) mass is 397 g/mol. The van der Waals surface area contributed by atoms with E-state index in [9.17, 15) is 14.0 Å². The number of piperidine rings is 1. The molecule has 150 valence electrons. The van der Waals surface area contributed by atoms with Crippen molar-refractivity contribution in [3.63, 3.8) is 0 Å². The predicted molar refractivity (Wildman–Crippen MR) is 106 cm³/mol. The summed E-state index contributed by atoms with van der Waals surface area (Å²) in [5.74, 6) is -0.392. The second kappa shape index (κ2) is 8.00. The highest BCUT2D eigenvalue weighted by Gasteiger charge is 2.25. The quantitative estimate of drug-likeness (QED) is 0.758. The number of ether oxygens (including phenoxy) is 2. The molecule has 4 rings (SSSR count). The van der Waals surface area contributed by atoms with E-state index in [1.807, 2.05) is 36.2 Å². The third-order valence-electron chi connectivity index (χ3n) is 5.15. The van der Waals surface area contributed by atoms with E-state index >= 15 is 0 Å². The van der Waals surface area contributed by atoms with Crippen molar-refractivity contribution in [3.05, 3.63) is 65.6 Å². The Balaban J connectivity index is 1.48. The van der Waals surface area contributed by atoms with Crippen molar-refractivity contribution in [2.24, 2.45) is 0 Å². The standard InChI is InChI=1S/C22H21F2N3O2/c1-15-13-27(14-28-15)21-10-16(12-25)2-4-20(21)26-8-6-18(7-9-26)29-22-5-3-17(23)11-19(22)24/h2-5,10-11,13,18H,6-9,14H2,1H3. The minimum Gasteiger partial charge on any atom is -0.487 e. The highest BCUT2D eigenvalue weighted by Crippen LogP contribution is 2.35. The molecule has 1 fully saturated rings. The number of nitriles is 1. The Hall–Kier alpha value is -3.27. The molecule has 5 nitrogen and oxygen atoms in total. The average molecular weight is 397 g/mol. The number of halogens is 2. The van der Waals surface area contributed by atoms with Gasteiger partial charge in [0.1, 0.15) is 17.7 Å². The van der Waals surface area contributed by atoms with Crippen LogP contribution in [0.3, 0.4) is 0 Å². The van der Waals surface area contributed by atoms with Gasteiger partial charge in [-0.2, -0.15) is 5.26 Å². The van der Waals surface area contributed by atoms with Gasteiger partial charge in [-0.05, 0) is 37.3 Å². The smallest absolute Gasteiger partial charge is 0.167 e. The van der Waals surface area contributed by atoms with Crippen LogP contribution in [0.25, 0.3) is 0 Å². The Kier molecular flexibility index (Phi) is 5.26. The number of hydrogen-bond acceptors (Lipinski definition) is 5. The van der Waals surface area contributed by atoms with Gasteiger partial charge in [0.15, 0.2) is 18.3 Å². The fourth-order valence-corrected chi connectivity index (χ4v) is 3.66. The summed E-state index contributed by atoms with van der Waals surface area (Å²) in [6.07, 6.45) is 3.21. The maximum absolute atomic E-state index is 13.9. The van der Waals surface area contributed by atoms with E-state index < -0.39 is 11.6 Å². The Morgan fingerprint density at radius 1 is 1.10 bits per heavy atom. The van der Waals surface area contributed by atoms with Crippen molar-refractivity contribution >= 4 is 11.4 Å². The van der Waals surface area contributed by atoms with Gasteiger partial charge in [-0.25, -0.2) is 8.78 Å². The van der Waals surface area contributed by atoms with E-state index in [2.05, 4.69) is 11.0 Å². The summed E-state index contributed by atoms with van der Waals surface area (Å²) in [7, 11) is 0. The minimum atomic E-state index is -0.682. The van der Waals surface area contributed by atoms with Crippen LogP contribution in [-0.2, 0) is 4.74 Å². The Labute approximate surface area is 168 Å². The van der Waals surface area contributed by atoms with Gasteiger partial charge in [-0.15, -0.1) is 0 Å². The maximum atomic E-state index is 13.9. The number of hydrogen-bond donors (Lipinski definition) is 0. The van der Waals surface area contributed by atoms with Gasteiger partial charge in [0.05, 0.1) is 23.0 Å². The van der Waals surface area contributed by atoms with Gasteiger partial charge in [-0.3, -0.25) is 0 Å². The molecular formula is C22H21F2N3O2. The molecule has 0 aliphatic carbocycles. The van der Waals surface area contributed by atoms with Crippen LogP contribution in [0.5, 0.6) is 5.75 Å². The van der Waals surface area contributed by atoms with E-state index in [-0.39, 0.29) is 11.9 Å². The lowest BCUT2D eigenvalue weighted by Crippen LogP contribution is -2.39. The van der Waals surface area contributed by atoms with E-state index in [4.69, 9.17) is 9.47 Å². The zero-order chi connectivity index (χ0) is 20.4. The number of nitrogens with zero attached hydrogens (tertiary/aromatic N) is 3. The highest BCUT2D eigenvalue weighted by atomic mass is 19.1. The zero-order valence-electron chi connectivity index (χ0n) is 16.1. The molecule has 29 heavy (non-hydrogen) atoms. The molecule has 0 amide bonds. The molecule has 0 N–H and O–H groups in total. The zero-order valence-corrected chi connectivity index (χ0v) is 16.1. The normalized spacial score (nSPS) is 17.0. The van der Waals surface area contributed by atoms with Crippen LogP contribution in [-0.4, -0.2) is 25.9 Å². The molecule has 0 bridgehead atoms. The Morgan fingerprint density at radius 3 is 2.55 bits per heavy atom. The minimum absolute atomic E-state index is 0.0822. The summed E-state index contributed by atoms with van der Waals surface area (Å²) >= 11 is 0. The van der Waals surface area contributed by atoms with Gasteiger partial charge in [0, 0.05) is 38.2 Å². The SMILES string of the molecule is CC1=CN(c2cc(C#N)ccc2N2CCC(Oc3ccc(F)cc3F)CC2)CO1. The summed E-state index contributed by atoms with van der Waals surface area (Å²) in [4.78, 5) is 4.22. The fourth-order valence-electron chi connectivity index (χ4n) is 3.66. The lowest BCUT2D eigenvalue weighted by Gasteiger charge is -2.35. The van der Waals surface area contributed by atoms with Crippen LogP contribution < -0.4 is 14.5 Å². The molecule has 0 aromatic heterocycles. The lowest BCUT2D eigenvalue weighted by molar-refractivity contribution is 0.163. The Morgan fingerprint density at radius 2 is 1.90 bits per heavy atom. The van der Waals surface area contributed by atoms with E-state index in [0.717, 1.165) is 36.3 Å². The van der Waals surface area contributed by atoms with E-state index in [1.54, 1.807) is 0 Å². The summed E-state index contributed by atoms with van der Waals surface area (Å²) in [6, 6.07) is 11.2. The van der Waals surface area contributed by atoms with E-state index in [1.165, 1.54) is 12.1 Å². The third-order valence-corrected chi connectivity index (χ3v) is 5.15. The first kappa shape index (κ1) is 19.1. The molecule has 0 spiro atoms. The van der Waals surface area contributed by atoms with Crippen molar-refractivity contribution in [2.45, 2.75) is 25.9 Å². The largest absolute Gasteiger partial charge is 0.487 e. The fraction of sp³-hybridized carbons (Fsp3) is 0.318. The van der Waals surface area contributed by atoms with Crippen LogP contribution in [0.15, 0.2) is 48.4 Å². The van der Waals surface area contributed by atoms with Crippen molar-refractivity contribution in [1.29, 1.82) is 5.26 Å². The van der Waals surface area contributed by atoms with Gasteiger partial charge >= 0.3 is 0 Å². The molecule has 0 saturated carbocycles. The van der Waals surface area contributed by atoms with Gasteiger partial charge in [-0.1, -0.05) is 0 Å². The molecule has 2 aromatic carbocycles. The molecule has 7 heteroatoms. The van der Waals surface area contributed by atoms with Crippen molar-refractivity contribution < 1.29 is 18.3 Å². The molecule has 2 aliphatic heterocycles. The third kappa shape index (κ3) is 4.11. The number of anilines is 2. The first-order chi connectivity index (χ1) is 14.0. The number of rotatable bonds is 4. The van der Waals surface area contributed by atoms with Crippen LogP contribution in [0.1, 0.15) is 25.3 Å². The second-order valence-electron chi connectivity index (χ2n) is 7.18. The summed E-state index contributed by atoms with van der Waals surface area (Å²) in [5, 5.41) is 9.27. The number of benzene rings is 2. The van der Waals surface area contributed by atoms with Crippen LogP contribution >= 0.6 is 0 Å². The van der Waals surface area contributed by atoms with Gasteiger partial charge in [0.25, 0.3) is 0 Å². The van der Waals surface area contributed by atoms with E-state index in [0.29, 0.717) is 25.1 Å². The summed E-state index contributed by atoms with van der Waals surface area (Å²) in [6.45, 7) is 3.76. The number of allylic oxidation sites excluding steroid dienone is 1. The topological polar surface area (TPSA) is 48.7 Å². The highest BCUT2D eigenvalue weighted by molar-refractivity contribution is 5.74. The first-order valence-electron chi connectivity index (χ1n) is 9.52. The molecule has 2 aliphatic rings. The molecule has 2 aromatic rings. The summed E-state index contributed by atoms with van der Waals surface area (Å²) in [5.41, 5.74) is 2.53. The Bertz CT molecular complexity index is 979. The molecule has 2 heterocycles. The first-order valence-corrected chi connectivity index (χ1v) is 9.52. The molecule has 0 radical (unpaired) electrons. The molecular weight excluding hydrogens is 376 g/mol. The van der Waals surface area contributed by atoms with Crippen molar-refractivity contribution in [1.82, 2.24) is 0 Å².